The van der Waals surface area contributed by atoms with E-state index in [9.17, 15) is 10.2 Å². The van der Waals surface area contributed by atoms with Crippen molar-refractivity contribution in [2.75, 3.05) is 0 Å². The van der Waals surface area contributed by atoms with Crippen LogP contribution in [-0.2, 0) is 0 Å². The third-order valence-electron chi connectivity index (χ3n) is 6.03. The van der Waals surface area contributed by atoms with E-state index in [1.807, 2.05) is 79.7 Å². The van der Waals surface area contributed by atoms with Gasteiger partial charge >= 0.3 is 0 Å². The fourth-order valence-corrected chi connectivity index (χ4v) is 4.22. The standard InChI is InChI=1S/C31H24O2/c1-21-18-26(14-16-30(21)32)27-15-12-24(19-28(27)22-8-4-2-5-9-22)25-13-17-31(33)29(20-25)23-10-6-3-7-11-23/h2-20,32-33H,1H3. The van der Waals surface area contributed by atoms with E-state index in [-0.39, 0.29) is 5.75 Å². The highest BCUT2D eigenvalue weighted by atomic mass is 16.3. The molecule has 0 unspecified atom stereocenters. The SMILES string of the molecule is Cc1cc(-c2ccc(-c3ccc(O)c(-c4ccccc4)c3)cc2-c2ccccc2)ccc1O. The summed E-state index contributed by atoms with van der Waals surface area (Å²) >= 11 is 0. The van der Waals surface area contributed by atoms with E-state index >= 15 is 0 Å². The summed E-state index contributed by atoms with van der Waals surface area (Å²) in [5.74, 6) is 0.568. The molecule has 0 saturated carbocycles. The number of phenols is 2. The van der Waals surface area contributed by atoms with Crippen molar-refractivity contribution in [2.24, 2.45) is 0 Å². The molecule has 2 heteroatoms. The molecule has 0 fully saturated rings. The quantitative estimate of drug-likeness (QED) is 0.304. The van der Waals surface area contributed by atoms with Gasteiger partial charge in [-0.25, -0.2) is 0 Å². The molecular weight excluding hydrogens is 404 g/mol. The minimum Gasteiger partial charge on any atom is -0.508 e. The first-order valence-corrected chi connectivity index (χ1v) is 11.0. The maximum Gasteiger partial charge on any atom is 0.123 e. The topological polar surface area (TPSA) is 40.5 Å². The molecule has 0 amide bonds. The Morgan fingerprint density at radius 1 is 0.394 bits per heavy atom. The van der Waals surface area contributed by atoms with Crippen molar-refractivity contribution < 1.29 is 10.2 Å². The molecule has 2 N–H and O–H groups in total. The van der Waals surface area contributed by atoms with E-state index in [0.29, 0.717) is 5.75 Å². The number of aromatic hydroxyl groups is 2. The average molecular weight is 429 g/mol. The number of aryl methyl sites for hydroxylation is 1. The van der Waals surface area contributed by atoms with Gasteiger partial charge in [0, 0.05) is 5.56 Å². The molecule has 160 valence electrons. The molecule has 0 aromatic heterocycles. The molecular formula is C31H24O2. The van der Waals surface area contributed by atoms with E-state index in [1.54, 1.807) is 12.1 Å². The summed E-state index contributed by atoms with van der Waals surface area (Å²) in [4.78, 5) is 0. The predicted octanol–water partition coefficient (Wildman–Crippen LogP) is 8.07. The van der Waals surface area contributed by atoms with Gasteiger partial charge in [0.25, 0.3) is 0 Å². The molecule has 0 aliphatic rings. The van der Waals surface area contributed by atoms with Gasteiger partial charge in [-0.1, -0.05) is 84.9 Å². The summed E-state index contributed by atoms with van der Waals surface area (Å²) < 4.78 is 0. The molecule has 0 bridgehead atoms. The van der Waals surface area contributed by atoms with Gasteiger partial charge in [-0.05, 0) is 81.8 Å². The second kappa shape index (κ2) is 8.68. The highest BCUT2D eigenvalue weighted by Gasteiger charge is 2.13. The van der Waals surface area contributed by atoms with Crippen molar-refractivity contribution in [3.63, 3.8) is 0 Å². The zero-order chi connectivity index (χ0) is 22.8. The number of hydrogen-bond acceptors (Lipinski definition) is 2. The molecule has 0 aliphatic carbocycles. The lowest BCUT2D eigenvalue weighted by atomic mass is 9.90. The molecule has 0 spiro atoms. The van der Waals surface area contributed by atoms with Gasteiger partial charge in [0.1, 0.15) is 11.5 Å². The Bertz CT molecular complexity index is 1420. The van der Waals surface area contributed by atoms with Gasteiger partial charge < -0.3 is 10.2 Å². The van der Waals surface area contributed by atoms with Crippen molar-refractivity contribution in [2.45, 2.75) is 6.92 Å². The summed E-state index contributed by atoms with van der Waals surface area (Å²) in [6, 6.07) is 38.2. The second-order valence-electron chi connectivity index (χ2n) is 8.23. The Kier molecular flexibility index (Phi) is 5.42. The van der Waals surface area contributed by atoms with E-state index in [4.69, 9.17) is 0 Å². The molecule has 0 saturated heterocycles. The highest BCUT2D eigenvalue weighted by molar-refractivity contribution is 5.88. The molecule has 0 radical (unpaired) electrons. The maximum absolute atomic E-state index is 10.5. The lowest BCUT2D eigenvalue weighted by molar-refractivity contribution is 0.471. The Labute approximate surface area is 194 Å². The van der Waals surface area contributed by atoms with Crippen LogP contribution in [-0.4, -0.2) is 10.2 Å². The van der Waals surface area contributed by atoms with Gasteiger partial charge in [0.05, 0.1) is 0 Å². The first-order valence-electron chi connectivity index (χ1n) is 11.0. The summed E-state index contributed by atoms with van der Waals surface area (Å²) in [6.45, 7) is 1.91. The fraction of sp³-hybridized carbons (Fsp3) is 0.0323. The summed E-state index contributed by atoms with van der Waals surface area (Å²) in [5, 5.41) is 20.5. The average Bonchev–Trinajstić information content (AvgIpc) is 2.87. The molecule has 5 aromatic carbocycles. The van der Waals surface area contributed by atoms with Crippen LogP contribution < -0.4 is 0 Å². The first-order chi connectivity index (χ1) is 16.1. The van der Waals surface area contributed by atoms with Crippen LogP contribution >= 0.6 is 0 Å². The van der Waals surface area contributed by atoms with Crippen molar-refractivity contribution in [3.8, 4) is 56.0 Å². The van der Waals surface area contributed by atoms with Crippen LogP contribution in [0.15, 0.2) is 115 Å². The summed E-state index contributed by atoms with van der Waals surface area (Å²) in [6.07, 6.45) is 0. The van der Waals surface area contributed by atoms with Crippen molar-refractivity contribution in [3.05, 3.63) is 121 Å². The maximum atomic E-state index is 10.5. The van der Waals surface area contributed by atoms with Gasteiger partial charge in [-0.15, -0.1) is 0 Å². The third-order valence-corrected chi connectivity index (χ3v) is 6.03. The van der Waals surface area contributed by atoms with E-state index in [1.165, 1.54) is 0 Å². The summed E-state index contributed by atoms with van der Waals surface area (Å²) in [7, 11) is 0. The fourth-order valence-electron chi connectivity index (χ4n) is 4.22. The van der Waals surface area contributed by atoms with E-state index < -0.39 is 0 Å². The lowest BCUT2D eigenvalue weighted by Crippen LogP contribution is -1.89. The molecule has 0 atom stereocenters. The van der Waals surface area contributed by atoms with Crippen LogP contribution in [0.4, 0.5) is 0 Å². The van der Waals surface area contributed by atoms with Gasteiger partial charge in [0.15, 0.2) is 0 Å². The Hall–Kier alpha value is -4.30. The monoisotopic (exact) mass is 428 g/mol. The molecule has 5 aromatic rings. The Balaban J connectivity index is 1.67. The van der Waals surface area contributed by atoms with Crippen LogP contribution in [0.3, 0.4) is 0 Å². The van der Waals surface area contributed by atoms with Crippen molar-refractivity contribution in [1.82, 2.24) is 0 Å². The number of phenolic OH excluding ortho intramolecular Hbond substituents is 2. The van der Waals surface area contributed by atoms with Crippen molar-refractivity contribution in [1.29, 1.82) is 0 Å². The Morgan fingerprint density at radius 2 is 0.909 bits per heavy atom. The van der Waals surface area contributed by atoms with E-state index in [2.05, 4.69) is 30.3 Å². The predicted molar refractivity (Wildman–Crippen MR) is 136 cm³/mol. The molecule has 0 heterocycles. The first kappa shape index (κ1) is 20.6. The number of hydrogen-bond donors (Lipinski definition) is 2. The second-order valence-corrected chi connectivity index (χ2v) is 8.23. The minimum atomic E-state index is 0.268. The zero-order valence-electron chi connectivity index (χ0n) is 18.4. The molecule has 33 heavy (non-hydrogen) atoms. The lowest BCUT2D eigenvalue weighted by Gasteiger charge is -2.15. The van der Waals surface area contributed by atoms with Gasteiger partial charge in [0.2, 0.25) is 0 Å². The number of benzene rings is 5. The van der Waals surface area contributed by atoms with Gasteiger partial charge in [-0.2, -0.15) is 0 Å². The minimum absolute atomic E-state index is 0.268. The van der Waals surface area contributed by atoms with Crippen LogP contribution in [0.25, 0.3) is 44.5 Å². The van der Waals surface area contributed by atoms with Gasteiger partial charge in [-0.3, -0.25) is 0 Å². The van der Waals surface area contributed by atoms with Crippen LogP contribution in [0.5, 0.6) is 11.5 Å². The normalized spacial score (nSPS) is 10.8. The third kappa shape index (κ3) is 4.11. The van der Waals surface area contributed by atoms with Crippen molar-refractivity contribution >= 4 is 0 Å². The number of rotatable bonds is 4. The summed E-state index contributed by atoms with van der Waals surface area (Å²) in [5.41, 5.74) is 9.17. The van der Waals surface area contributed by atoms with Crippen LogP contribution in [0, 0.1) is 6.92 Å². The zero-order valence-corrected chi connectivity index (χ0v) is 18.4. The van der Waals surface area contributed by atoms with E-state index in [0.717, 1.165) is 50.1 Å². The van der Waals surface area contributed by atoms with Crippen LogP contribution in [0.2, 0.25) is 0 Å². The molecule has 0 aliphatic heterocycles. The highest BCUT2D eigenvalue weighted by Crippen LogP contribution is 2.39. The largest absolute Gasteiger partial charge is 0.508 e. The van der Waals surface area contributed by atoms with Crippen LogP contribution in [0.1, 0.15) is 5.56 Å². The Morgan fingerprint density at radius 3 is 1.55 bits per heavy atom. The molecule has 2 nitrogen and oxygen atoms in total. The smallest absolute Gasteiger partial charge is 0.123 e. The molecule has 5 rings (SSSR count).